The van der Waals surface area contributed by atoms with Crippen LogP contribution in [0.1, 0.15) is 11.4 Å². The molecule has 4 nitrogen and oxygen atoms in total. The summed E-state index contributed by atoms with van der Waals surface area (Å²) in [6.45, 7) is 2.53. The molecule has 0 atom stereocenters. The van der Waals surface area contributed by atoms with Gasteiger partial charge in [-0.25, -0.2) is 4.98 Å². The molecule has 2 N–H and O–H groups in total. The predicted molar refractivity (Wildman–Crippen MR) is 71.1 cm³/mol. The third-order valence-electron chi connectivity index (χ3n) is 3.13. The van der Waals surface area contributed by atoms with Gasteiger partial charge in [-0.2, -0.15) is 0 Å². The molecule has 0 saturated heterocycles. The monoisotopic (exact) mass is 238 g/mol. The maximum absolute atomic E-state index is 5.61. The fraction of sp³-hybridized carbons (Fsp3) is 0.143. The molecule has 0 saturated carbocycles. The lowest BCUT2D eigenvalue weighted by Crippen LogP contribution is -2.01. The van der Waals surface area contributed by atoms with E-state index < -0.39 is 0 Å². The van der Waals surface area contributed by atoms with Gasteiger partial charge < -0.3 is 10.1 Å². The van der Waals surface area contributed by atoms with Crippen LogP contribution in [0, 0.1) is 6.92 Å². The lowest BCUT2D eigenvalue weighted by molar-refractivity contribution is 0.941. The number of fused-ring (bicyclic) bond motifs is 1. The maximum Gasteiger partial charge on any atom is 0.0996 e. The minimum Gasteiger partial charge on any atom is -0.325 e. The van der Waals surface area contributed by atoms with Crippen molar-refractivity contribution in [2.24, 2.45) is 5.73 Å². The van der Waals surface area contributed by atoms with E-state index in [0.29, 0.717) is 6.54 Å². The summed E-state index contributed by atoms with van der Waals surface area (Å²) in [6.07, 6.45) is 3.62. The largest absolute Gasteiger partial charge is 0.325 e. The normalized spacial score (nSPS) is 11.0. The quantitative estimate of drug-likeness (QED) is 0.744. The van der Waals surface area contributed by atoms with Gasteiger partial charge in [-0.05, 0) is 31.2 Å². The molecule has 0 aromatic carbocycles. The zero-order chi connectivity index (χ0) is 12.5. The molecule has 0 bridgehead atoms. The van der Waals surface area contributed by atoms with Gasteiger partial charge in [0, 0.05) is 29.5 Å². The molecular formula is C14H14N4. The third-order valence-corrected chi connectivity index (χ3v) is 3.13. The van der Waals surface area contributed by atoms with Gasteiger partial charge in [-0.1, -0.05) is 6.07 Å². The van der Waals surface area contributed by atoms with Crippen molar-refractivity contribution in [1.82, 2.24) is 14.4 Å². The summed E-state index contributed by atoms with van der Waals surface area (Å²) in [4.78, 5) is 8.70. The number of nitrogens with zero attached hydrogens (tertiary/aromatic N) is 3. The summed E-state index contributed by atoms with van der Waals surface area (Å²) in [5.41, 5.74) is 10.9. The Morgan fingerprint density at radius 3 is 2.83 bits per heavy atom. The van der Waals surface area contributed by atoms with E-state index in [1.54, 1.807) is 6.20 Å². The standard InChI is InChI=1S/C14H14N4/c1-10-13(14-4-2-3-5-16-14)7-12-6-11(8-15)17-9-18(10)12/h2-7,9H,8,15H2,1H3. The fourth-order valence-electron chi connectivity index (χ4n) is 2.14. The minimum atomic E-state index is 0.458. The van der Waals surface area contributed by atoms with Crippen molar-refractivity contribution in [3.8, 4) is 11.3 Å². The van der Waals surface area contributed by atoms with Crippen molar-refractivity contribution in [3.05, 3.63) is 54.2 Å². The average molecular weight is 238 g/mol. The molecule has 0 aliphatic heterocycles. The lowest BCUT2D eigenvalue weighted by Gasteiger charge is -2.01. The number of rotatable bonds is 2. The summed E-state index contributed by atoms with van der Waals surface area (Å²) in [5.74, 6) is 0. The second-order valence-electron chi connectivity index (χ2n) is 4.24. The van der Waals surface area contributed by atoms with Crippen molar-refractivity contribution >= 4 is 5.52 Å². The first-order valence-electron chi connectivity index (χ1n) is 5.87. The van der Waals surface area contributed by atoms with Crippen LogP contribution in [0.15, 0.2) is 42.9 Å². The second kappa shape index (κ2) is 4.23. The highest BCUT2D eigenvalue weighted by Crippen LogP contribution is 2.25. The topological polar surface area (TPSA) is 56.2 Å². The van der Waals surface area contributed by atoms with Crippen LogP contribution in [0.5, 0.6) is 0 Å². The van der Waals surface area contributed by atoms with Crippen LogP contribution < -0.4 is 5.73 Å². The van der Waals surface area contributed by atoms with E-state index in [9.17, 15) is 0 Å². The number of aromatic nitrogens is 3. The molecule has 3 aromatic heterocycles. The predicted octanol–water partition coefficient (Wildman–Crippen LogP) is 2.16. The molecule has 0 unspecified atom stereocenters. The van der Waals surface area contributed by atoms with E-state index in [2.05, 4.69) is 27.4 Å². The number of aryl methyl sites for hydroxylation is 1. The Kier molecular flexibility index (Phi) is 2.57. The number of hydrogen-bond acceptors (Lipinski definition) is 3. The van der Waals surface area contributed by atoms with E-state index in [4.69, 9.17) is 5.73 Å². The molecule has 0 aliphatic carbocycles. The highest BCUT2D eigenvalue weighted by Gasteiger charge is 2.09. The highest BCUT2D eigenvalue weighted by molar-refractivity contribution is 5.71. The SMILES string of the molecule is Cc1c(-c2ccccn2)cc2cc(CN)ncn12. The van der Waals surface area contributed by atoms with Crippen molar-refractivity contribution in [3.63, 3.8) is 0 Å². The average Bonchev–Trinajstić information content (AvgIpc) is 2.76. The molecule has 4 heteroatoms. The van der Waals surface area contributed by atoms with Crippen molar-refractivity contribution in [2.75, 3.05) is 0 Å². The molecule has 18 heavy (non-hydrogen) atoms. The molecular weight excluding hydrogens is 224 g/mol. The third kappa shape index (κ3) is 1.67. The van der Waals surface area contributed by atoms with Crippen LogP contribution in [0.3, 0.4) is 0 Å². The van der Waals surface area contributed by atoms with Crippen LogP contribution in [0.4, 0.5) is 0 Å². The molecule has 3 rings (SSSR count). The molecule has 0 amide bonds. The summed E-state index contributed by atoms with van der Waals surface area (Å²) in [7, 11) is 0. The summed E-state index contributed by atoms with van der Waals surface area (Å²) in [6, 6.07) is 10.1. The van der Waals surface area contributed by atoms with Gasteiger partial charge in [-0.3, -0.25) is 4.98 Å². The van der Waals surface area contributed by atoms with Gasteiger partial charge in [0.2, 0.25) is 0 Å². The van der Waals surface area contributed by atoms with Crippen molar-refractivity contribution in [1.29, 1.82) is 0 Å². The molecule has 0 radical (unpaired) electrons. The highest BCUT2D eigenvalue weighted by atomic mass is 15.0. The van der Waals surface area contributed by atoms with Gasteiger partial charge in [0.15, 0.2) is 0 Å². The first kappa shape index (κ1) is 10.9. The molecule has 0 spiro atoms. The second-order valence-corrected chi connectivity index (χ2v) is 4.24. The van der Waals surface area contributed by atoms with Gasteiger partial charge in [0.1, 0.15) is 0 Å². The minimum absolute atomic E-state index is 0.458. The van der Waals surface area contributed by atoms with E-state index in [0.717, 1.165) is 28.2 Å². The summed E-state index contributed by atoms with van der Waals surface area (Å²) in [5, 5.41) is 0. The van der Waals surface area contributed by atoms with E-state index in [-0.39, 0.29) is 0 Å². The van der Waals surface area contributed by atoms with Gasteiger partial charge >= 0.3 is 0 Å². The van der Waals surface area contributed by atoms with Gasteiger partial charge in [-0.15, -0.1) is 0 Å². The Hall–Kier alpha value is -2.20. The Morgan fingerprint density at radius 2 is 2.11 bits per heavy atom. The van der Waals surface area contributed by atoms with E-state index in [1.807, 2.05) is 30.6 Å². The van der Waals surface area contributed by atoms with E-state index >= 15 is 0 Å². The molecule has 90 valence electrons. The first-order chi connectivity index (χ1) is 8.79. The molecule has 3 aromatic rings. The van der Waals surface area contributed by atoms with Crippen LogP contribution in [-0.2, 0) is 6.54 Å². The zero-order valence-corrected chi connectivity index (χ0v) is 10.2. The first-order valence-corrected chi connectivity index (χ1v) is 5.87. The lowest BCUT2D eigenvalue weighted by atomic mass is 10.1. The summed E-state index contributed by atoms with van der Waals surface area (Å²) < 4.78 is 2.06. The van der Waals surface area contributed by atoms with Crippen LogP contribution in [0.25, 0.3) is 16.8 Å². The molecule has 0 aliphatic rings. The molecule has 3 heterocycles. The van der Waals surface area contributed by atoms with Crippen molar-refractivity contribution in [2.45, 2.75) is 13.5 Å². The van der Waals surface area contributed by atoms with Gasteiger partial charge in [0.05, 0.1) is 17.7 Å². The van der Waals surface area contributed by atoms with Crippen LogP contribution in [0.2, 0.25) is 0 Å². The van der Waals surface area contributed by atoms with Crippen LogP contribution >= 0.6 is 0 Å². The van der Waals surface area contributed by atoms with Crippen LogP contribution in [-0.4, -0.2) is 14.4 Å². The maximum atomic E-state index is 5.61. The van der Waals surface area contributed by atoms with Gasteiger partial charge in [0.25, 0.3) is 0 Å². The fourth-order valence-corrected chi connectivity index (χ4v) is 2.14. The Labute approximate surface area is 105 Å². The van der Waals surface area contributed by atoms with Crippen molar-refractivity contribution < 1.29 is 0 Å². The number of hydrogen-bond donors (Lipinski definition) is 1. The Balaban J connectivity index is 2.23. The zero-order valence-electron chi connectivity index (χ0n) is 10.2. The smallest absolute Gasteiger partial charge is 0.0996 e. The molecule has 0 fully saturated rings. The Bertz CT molecular complexity index is 686. The van der Waals surface area contributed by atoms with E-state index in [1.165, 1.54) is 0 Å². The Morgan fingerprint density at radius 1 is 1.22 bits per heavy atom. The number of pyridine rings is 1. The number of nitrogens with two attached hydrogens (primary N) is 1. The summed E-state index contributed by atoms with van der Waals surface area (Å²) >= 11 is 0.